The molecule has 0 bridgehead atoms. The lowest BCUT2D eigenvalue weighted by molar-refractivity contribution is 0.963. The second-order valence-electron chi connectivity index (χ2n) is 4.13. The molecule has 1 heterocycles. The van der Waals surface area contributed by atoms with Gasteiger partial charge in [-0.15, -0.1) is 0 Å². The number of aryl methyl sites for hydroxylation is 1. The third-order valence-electron chi connectivity index (χ3n) is 2.67. The van der Waals surface area contributed by atoms with E-state index in [0.29, 0.717) is 0 Å². The van der Waals surface area contributed by atoms with Crippen LogP contribution in [0.2, 0.25) is 0 Å². The Bertz CT molecular complexity index is 540. The lowest BCUT2D eigenvalue weighted by Crippen LogP contribution is -2.04. The number of anilines is 1. The van der Waals surface area contributed by atoms with Crippen LogP contribution in [0.15, 0.2) is 34.9 Å². The predicted octanol–water partition coefficient (Wildman–Crippen LogP) is 4.04. The summed E-state index contributed by atoms with van der Waals surface area (Å²) >= 11 is 3.46. The summed E-state index contributed by atoms with van der Waals surface area (Å²) in [4.78, 5) is 8.95. The summed E-state index contributed by atoms with van der Waals surface area (Å²) in [7, 11) is 0. The van der Waals surface area contributed by atoms with Crippen LogP contribution in [-0.2, 0) is 0 Å². The summed E-state index contributed by atoms with van der Waals surface area (Å²) < 4.78 is 0.897. The molecule has 0 aliphatic carbocycles. The molecule has 18 heavy (non-hydrogen) atoms. The third-order valence-corrected chi connectivity index (χ3v) is 3.25. The highest BCUT2D eigenvalue weighted by molar-refractivity contribution is 9.10. The van der Waals surface area contributed by atoms with Gasteiger partial charge in [-0.3, -0.25) is 0 Å². The van der Waals surface area contributed by atoms with E-state index in [-0.39, 0.29) is 0 Å². The van der Waals surface area contributed by atoms with Crippen LogP contribution in [0.5, 0.6) is 0 Å². The van der Waals surface area contributed by atoms with Crippen molar-refractivity contribution < 1.29 is 0 Å². The first-order valence-electron chi connectivity index (χ1n) is 6.04. The van der Waals surface area contributed by atoms with Crippen LogP contribution in [0.1, 0.15) is 18.9 Å². The normalized spacial score (nSPS) is 10.4. The van der Waals surface area contributed by atoms with E-state index in [9.17, 15) is 0 Å². The van der Waals surface area contributed by atoms with Crippen molar-refractivity contribution in [2.75, 3.05) is 11.9 Å². The number of halogens is 1. The highest BCUT2D eigenvalue weighted by Crippen LogP contribution is 2.24. The van der Waals surface area contributed by atoms with Gasteiger partial charge in [-0.1, -0.05) is 31.2 Å². The zero-order valence-corrected chi connectivity index (χ0v) is 12.2. The SMILES string of the molecule is CCCNc1nc(-c2ccccc2C)ncc1Br. The lowest BCUT2D eigenvalue weighted by Gasteiger charge is -2.09. The largest absolute Gasteiger partial charge is 0.369 e. The lowest BCUT2D eigenvalue weighted by atomic mass is 10.1. The summed E-state index contributed by atoms with van der Waals surface area (Å²) in [5.74, 6) is 1.61. The molecule has 0 aliphatic rings. The second-order valence-corrected chi connectivity index (χ2v) is 4.99. The van der Waals surface area contributed by atoms with Crippen molar-refractivity contribution in [3.63, 3.8) is 0 Å². The van der Waals surface area contributed by atoms with E-state index in [1.165, 1.54) is 5.56 Å². The van der Waals surface area contributed by atoms with Gasteiger partial charge in [0.15, 0.2) is 5.82 Å². The van der Waals surface area contributed by atoms with Crippen LogP contribution in [-0.4, -0.2) is 16.5 Å². The first kappa shape index (κ1) is 13.0. The van der Waals surface area contributed by atoms with E-state index >= 15 is 0 Å². The Morgan fingerprint density at radius 3 is 2.78 bits per heavy atom. The number of nitrogens with zero attached hydrogens (tertiary/aromatic N) is 2. The molecule has 94 valence electrons. The topological polar surface area (TPSA) is 37.8 Å². The minimum absolute atomic E-state index is 0.759. The molecule has 0 radical (unpaired) electrons. The van der Waals surface area contributed by atoms with Gasteiger partial charge >= 0.3 is 0 Å². The summed E-state index contributed by atoms with van der Waals surface area (Å²) in [5, 5.41) is 3.29. The molecule has 2 rings (SSSR count). The van der Waals surface area contributed by atoms with Crippen molar-refractivity contribution in [1.82, 2.24) is 9.97 Å². The van der Waals surface area contributed by atoms with Gasteiger partial charge in [-0.05, 0) is 34.8 Å². The molecule has 4 heteroatoms. The van der Waals surface area contributed by atoms with Crippen molar-refractivity contribution in [3.8, 4) is 11.4 Å². The summed E-state index contributed by atoms with van der Waals surface area (Å²) in [6.45, 7) is 5.10. The van der Waals surface area contributed by atoms with Gasteiger partial charge in [0.2, 0.25) is 0 Å². The second kappa shape index (κ2) is 5.96. The Balaban J connectivity index is 2.38. The van der Waals surface area contributed by atoms with E-state index in [4.69, 9.17) is 0 Å². The predicted molar refractivity (Wildman–Crippen MR) is 78.7 cm³/mol. The fraction of sp³-hybridized carbons (Fsp3) is 0.286. The van der Waals surface area contributed by atoms with Crippen molar-refractivity contribution in [1.29, 1.82) is 0 Å². The molecule has 0 saturated heterocycles. The van der Waals surface area contributed by atoms with Crippen molar-refractivity contribution in [2.45, 2.75) is 20.3 Å². The smallest absolute Gasteiger partial charge is 0.161 e. The van der Waals surface area contributed by atoms with E-state index in [1.807, 2.05) is 18.2 Å². The van der Waals surface area contributed by atoms with Gasteiger partial charge < -0.3 is 5.32 Å². The highest BCUT2D eigenvalue weighted by Gasteiger charge is 2.08. The quantitative estimate of drug-likeness (QED) is 0.926. The van der Waals surface area contributed by atoms with Crippen molar-refractivity contribution >= 4 is 21.7 Å². The highest BCUT2D eigenvalue weighted by atomic mass is 79.9. The molecule has 3 nitrogen and oxygen atoms in total. The number of hydrogen-bond donors (Lipinski definition) is 1. The van der Waals surface area contributed by atoms with E-state index in [2.05, 4.69) is 51.1 Å². The Morgan fingerprint density at radius 1 is 1.28 bits per heavy atom. The van der Waals surface area contributed by atoms with E-state index in [1.54, 1.807) is 6.20 Å². The number of benzene rings is 1. The van der Waals surface area contributed by atoms with Gasteiger partial charge in [0.05, 0.1) is 4.47 Å². The van der Waals surface area contributed by atoms with Crippen LogP contribution >= 0.6 is 15.9 Å². The molecule has 0 spiro atoms. The summed E-state index contributed by atoms with van der Waals surface area (Å²) in [6, 6.07) is 8.14. The molecule has 0 atom stereocenters. The molecule has 0 fully saturated rings. The average molecular weight is 306 g/mol. The number of nitrogens with one attached hydrogen (secondary N) is 1. The van der Waals surface area contributed by atoms with Crippen LogP contribution < -0.4 is 5.32 Å². The Kier molecular flexibility index (Phi) is 4.31. The maximum Gasteiger partial charge on any atom is 0.161 e. The van der Waals surface area contributed by atoms with E-state index < -0.39 is 0 Å². The third kappa shape index (κ3) is 2.88. The number of rotatable bonds is 4. The van der Waals surface area contributed by atoms with Gasteiger partial charge in [0.1, 0.15) is 5.82 Å². The van der Waals surface area contributed by atoms with Crippen LogP contribution in [0.3, 0.4) is 0 Å². The fourth-order valence-corrected chi connectivity index (χ4v) is 2.02. The Morgan fingerprint density at radius 2 is 2.06 bits per heavy atom. The molecule has 0 amide bonds. The average Bonchev–Trinajstić information content (AvgIpc) is 2.39. The monoisotopic (exact) mass is 305 g/mol. The molecule has 1 N–H and O–H groups in total. The first-order chi connectivity index (χ1) is 8.72. The van der Waals surface area contributed by atoms with Crippen LogP contribution in [0.25, 0.3) is 11.4 Å². The molecule has 0 aliphatic heterocycles. The number of aromatic nitrogens is 2. The maximum atomic E-state index is 4.57. The molecule has 1 aromatic carbocycles. The fourth-order valence-electron chi connectivity index (χ4n) is 1.69. The van der Waals surface area contributed by atoms with E-state index in [0.717, 1.165) is 34.6 Å². The minimum Gasteiger partial charge on any atom is -0.369 e. The van der Waals surface area contributed by atoms with Gasteiger partial charge in [-0.2, -0.15) is 0 Å². The summed E-state index contributed by atoms with van der Waals surface area (Å²) in [6.07, 6.45) is 2.86. The Labute approximate surface area is 116 Å². The standard InChI is InChI=1S/C14H16BrN3/c1-3-8-16-14-12(15)9-17-13(18-14)11-7-5-4-6-10(11)2/h4-7,9H,3,8H2,1-2H3,(H,16,17,18). The van der Waals surface area contributed by atoms with Gasteiger partial charge in [-0.25, -0.2) is 9.97 Å². The zero-order valence-electron chi connectivity index (χ0n) is 10.6. The molecule has 2 aromatic rings. The maximum absolute atomic E-state index is 4.57. The van der Waals surface area contributed by atoms with Crippen molar-refractivity contribution in [3.05, 3.63) is 40.5 Å². The molecular formula is C14H16BrN3. The molecule has 1 aromatic heterocycles. The first-order valence-corrected chi connectivity index (χ1v) is 6.84. The minimum atomic E-state index is 0.759. The zero-order chi connectivity index (χ0) is 13.0. The number of hydrogen-bond acceptors (Lipinski definition) is 3. The molecule has 0 saturated carbocycles. The molecule has 0 unspecified atom stereocenters. The van der Waals surface area contributed by atoms with Gasteiger partial charge in [0, 0.05) is 18.3 Å². The molecular weight excluding hydrogens is 290 g/mol. The van der Waals surface area contributed by atoms with Crippen LogP contribution in [0.4, 0.5) is 5.82 Å². The Hall–Kier alpha value is -1.42. The van der Waals surface area contributed by atoms with Crippen LogP contribution in [0, 0.1) is 6.92 Å². The van der Waals surface area contributed by atoms with Gasteiger partial charge in [0.25, 0.3) is 0 Å². The van der Waals surface area contributed by atoms with Crippen molar-refractivity contribution in [2.24, 2.45) is 0 Å². The summed E-state index contributed by atoms with van der Waals surface area (Å²) in [5.41, 5.74) is 2.26.